The number of rotatable bonds is 4. The lowest BCUT2D eigenvalue weighted by atomic mass is 10.0. The van der Waals surface area contributed by atoms with Gasteiger partial charge in [0.25, 0.3) is 5.95 Å². The van der Waals surface area contributed by atoms with Crippen LogP contribution in [0, 0.1) is 5.92 Å². The number of halogens is 2. The number of fused-ring (bicyclic) bond motifs is 1. The number of hydrogen-bond donors (Lipinski definition) is 2. The monoisotopic (exact) mass is 427 g/mol. The lowest BCUT2D eigenvalue weighted by Gasteiger charge is -2.24. The Balaban J connectivity index is 1.75. The average Bonchev–Trinajstić information content (AvgIpc) is 3.10. The van der Waals surface area contributed by atoms with E-state index in [1.165, 1.54) is 0 Å². The number of nitrogens with zero attached hydrogens (tertiary/aromatic N) is 3. The Kier molecular flexibility index (Phi) is 5.30. The zero-order valence-corrected chi connectivity index (χ0v) is 17.4. The van der Waals surface area contributed by atoms with Gasteiger partial charge >= 0.3 is 0 Å². The first-order valence-electron chi connectivity index (χ1n) is 9.18. The van der Waals surface area contributed by atoms with Gasteiger partial charge in [-0.3, -0.25) is 10.1 Å². The van der Waals surface area contributed by atoms with Gasteiger partial charge in [-0.25, -0.2) is 4.68 Å². The minimum Gasteiger partial charge on any atom is -0.324 e. The largest absolute Gasteiger partial charge is 0.324 e. The number of nitrogens with one attached hydrogen (secondary N) is 2. The molecule has 1 aromatic heterocycles. The van der Waals surface area contributed by atoms with Crippen LogP contribution in [0.5, 0.6) is 0 Å². The van der Waals surface area contributed by atoms with E-state index in [0.29, 0.717) is 16.0 Å². The Morgan fingerprint density at radius 3 is 2.31 bits per heavy atom. The van der Waals surface area contributed by atoms with Crippen molar-refractivity contribution in [2.45, 2.75) is 19.9 Å². The van der Waals surface area contributed by atoms with Gasteiger partial charge in [0.1, 0.15) is 6.04 Å². The fourth-order valence-corrected chi connectivity index (χ4v) is 3.25. The molecule has 0 spiro atoms. The molecule has 148 valence electrons. The van der Waals surface area contributed by atoms with Crippen molar-refractivity contribution in [3.05, 3.63) is 75.8 Å². The number of benzene rings is 2. The fraction of sp³-hybridized carbons (Fsp3) is 0.190. The van der Waals surface area contributed by atoms with E-state index in [0.717, 1.165) is 16.8 Å². The smallest absolute Gasteiger partial charge is 0.250 e. The van der Waals surface area contributed by atoms with Gasteiger partial charge in [0.05, 0.1) is 0 Å². The highest BCUT2D eigenvalue weighted by atomic mass is 35.5. The highest BCUT2D eigenvalue weighted by Gasteiger charge is 2.26. The fourth-order valence-electron chi connectivity index (χ4n) is 3.00. The van der Waals surface area contributed by atoms with Crippen molar-refractivity contribution in [2.24, 2.45) is 5.92 Å². The molecule has 0 radical (unpaired) electrons. The molecular weight excluding hydrogens is 409 g/mol. The Bertz CT molecular complexity index is 1070. The van der Waals surface area contributed by atoms with Crippen LogP contribution < -0.4 is 10.6 Å². The zero-order valence-electron chi connectivity index (χ0n) is 15.9. The van der Waals surface area contributed by atoms with Crippen molar-refractivity contribution in [3.63, 3.8) is 0 Å². The van der Waals surface area contributed by atoms with Gasteiger partial charge in [0, 0.05) is 21.7 Å². The SMILES string of the molecule is CC(C)C(=O)Nc1nc2n(n1)[C@@H](c1ccc(Cl)cc1)C=C(c1ccc(Cl)cc1)N2. The van der Waals surface area contributed by atoms with Crippen LogP contribution in [0.3, 0.4) is 0 Å². The predicted octanol–water partition coefficient (Wildman–Crippen LogP) is 5.24. The first kappa shape index (κ1) is 19.5. The molecule has 0 saturated heterocycles. The first-order chi connectivity index (χ1) is 13.9. The number of amides is 1. The van der Waals surface area contributed by atoms with Gasteiger partial charge in [-0.2, -0.15) is 4.98 Å². The predicted molar refractivity (Wildman–Crippen MR) is 116 cm³/mol. The van der Waals surface area contributed by atoms with Crippen LogP contribution in [0.2, 0.25) is 10.0 Å². The topological polar surface area (TPSA) is 71.8 Å². The summed E-state index contributed by atoms with van der Waals surface area (Å²) in [7, 11) is 0. The molecule has 0 aliphatic carbocycles. The minimum atomic E-state index is -0.216. The standard InChI is InChI=1S/C21H19Cl2N5O/c1-12(2)19(29)25-20-26-21-24-17(13-3-7-15(22)8-4-13)11-18(28(21)27-20)14-5-9-16(23)10-6-14/h3-12,18H,1-2H3,(H2,24,25,26,27,29)/t18-/m1/s1. The molecule has 1 amide bonds. The summed E-state index contributed by atoms with van der Waals surface area (Å²) in [5.74, 6) is 0.493. The lowest BCUT2D eigenvalue weighted by molar-refractivity contribution is -0.118. The summed E-state index contributed by atoms with van der Waals surface area (Å²) in [6, 6.07) is 14.9. The highest BCUT2D eigenvalue weighted by Crippen LogP contribution is 2.34. The quantitative estimate of drug-likeness (QED) is 0.597. The molecule has 0 bridgehead atoms. The van der Waals surface area contributed by atoms with Gasteiger partial charge in [0.15, 0.2) is 0 Å². The third kappa shape index (κ3) is 4.13. The summed E-state index contributed by atoms with van der Waals surface area (Å²) in [5, 5.41) is 11.9. The van der Waals surface area contributed by atoms with E-state index in [4.69, 9.17) is 23.2 Å². The number of carbonyl (C=O) groups is 1. The summed E-state index contributed by atoms with van der Waals surface area (Å²) in [4.78, 5) is 16.5. The molecule has 2 N–H and O–H groups in total. The van der Waals surface area contributed by atoms with E-state index in [1.54, 1.807) is 4.68 Å². The maximum atomic E-state index is 12.1. The van der Waals surface area contributed by atoms with Crippen LogP contribution in [-0.4, -0.2) is 20.7 Å². The molecule has 4 rings (SSSR count). The van der Waals surface area contributed by atoms with E-state index < -0.39 is 0 Å². The summed E-state index contributed by atoms with van der Waals surface area (Å²) in [5.41, 5.74) is 2.84. The molecule has 0 unspecified atom stereocenters. The second-order valence-corrected chi connectivity index (χ2v) is 7.93. The second kappa shape index (κ2) is 7.89. The number of hydrogen-bond acceptors (Lipinski definition) is 4. The maximum Gasteiger partial charge on any atom is 0.250 e. The molecular formula is C21H19Cl2N5O. The molecule has 29 heavy (non-hydrogen) atoms. The van der Waals surface area contributed by atoms with E-state index in [1.807, 2.05) is 62.4 Å². The number of aromatic nitrogens is 3. The number of anilines is 2. The van der Waals surface area contributed by atoms with Gasteiger partial charge in [-0.1, -0.05) is 61.3 Å². The van der Waals surface area contributed by atoms with Gasteiger partial charge < -0.3 is 5.32 Å². The van der Waals surface area contributed by atoms with Crippen molar-refractivity contribution >= 4 is 46.7 Å². The molecule has 1 atom stereocenters. The van der Waals surface area contributed by atoms with E-state index in [9.17, 15) is 4.79 Å². The van der Waals surface area contributed by atoms with Gasteiger partial charge in [0.2, 0.25) is 11.9 Å². The molecule has 1 aliphatic heterocycles. The lowest BCUT2D eigenvalue weighted by Crippen LogP contribution is -2.20. The number of carbonyl (C=O) groups excluding carboxylic acids is 1. The summed E-state index contributed by atoms with van der Waals surface area (Å²) < 4.78 is 1.75. The highest BCUT2D eigenvalue weighted by molar-refractivity contribution is 6.30. The van der Waals surface area contributed by atoms with E-state index >= 15 is 0 Å². The third-order valence-electron chi connectivity index (χ3n) is 4.59. The number of allylic oxidation sites excluding steroid dienone is 1. The van der Waals surface area contributed by atoms with Crippen molar-refractivity contribution < 1.29 is 4.79 Å². The maximum absolute atomic E-state index is 12.1. The average molecular weight is 428 g/mol. The summed E-state index contributed by atoms with van der Waals surface area (Å²) in [6.45, 7) is 3.64. The van der Waals surface area contributed by atoms with Gasteiger partial charge in [-0.05, 0) is 41.5 Å². The minimum absolute atomic E-state index is 0.137. The van der Waals surface area contributed by atoms with E-state index in [-0.39, 0.29) is 23.8 Å². The Hall–Kier alpha value is -2.83. The summed E-state index contributed by atoms with van der Waals surface area (Å²) >= 11 is 12.1. The van der Waals surface area contributed by atoms with Crippen molar-refractivity contribution in [1.29, 1.82) is 0 Å². The zero-order chi connectivity index (χ0) is 20.5. The molecule has 2 heterocycles. The third-order valence-corrected chi connectivity index (χ3v) is 5.10. The molecule has 6 nitrogen and oxygen atoms in total. The molecule has 3 aromatic rings. The Labute approximate surface area is 178 Å². The van der Waals surface area contributed by atoms with Crippen LogP contribution in [0.25, 0.3) is 5.70 Å². The summed E-state index contributed by atoms with van der Waals surface area (Å²) in [6.07, 6.45) is 2.06. The van der Waals surface area contributed by atoms with E-state index in [2.05, 4.69) is 26.8 Å². The van der Waals surface area contributed by atoms with Crippen LogP contribution in [0.15, 0.2) is 54.6 Å². The van der Waals surface area contributed by atoms with Crippen LogP contribution in [-0.2, 0) is 4.79 Å². The first-order valence-corrected chi connectivity index (χ1v) is 9.94. The second-order valence-electron chi connectivity index (χ2n) is 7.06. The molecule has 2 aromatic carbocycles. The van der Waals surface area contributed by atoms with Crippen LogP contribution >= 0.6 is 23.2 Å². The molecule has 0 fully saturated rings. The van der Waals surface area contributed by atoms with Crippen molar-refractivity contribution in [3.8, 4) is 0 Å². The normalized spacial score (nSPS) is 15.5. The molecule has 8 heteroatoms. The van der Waals surface area contributed by atoms with Crippen molar-refractivity contribution in [2.75, 3.05) is 10.6 Å². The van der Waals surface area contributed by atoms with Crippen LogP contribution in [0.4, 0.5) is 11.9 Å². The Morgan fingerprint density at radius 2 is 1.69 bits per heavy atom. The molecule has 0 saturated carbocycles. The molecule has 1 aliphatic rings. The van der Waals surface area contributed by atoms with Gasteiger partial charge in [-0.15, -0.1) is 5.10 Å². The van der Waals surface area contributed by atoms with Crippen molar-refractivity contribution in [1.82, 2.24) is 14.8 Å². The van der Waals surface area contributed by atoms with Crippen LogP contribution in [0.1, 0.15) is 31.0 Å². The Morgan fingerprint density at radius 1 is 1.07 bits per heavy atom.